The molecule has 0 aromatic heterocycles. The summed E-state index contributed by atoms with van der Waals surface area (Å²) in [6.45, 7) is 2.29. The molecule has 0 rings (SSSR count). The highest BCUT2D eigenvalue weighted by atomic mass is 127. The first-order valence-corrected chi connectivity index (χ1v) is 10.00. The van der Waals surface area contributed by atoms with Crippen LogP contribution in [-0.4, -0.2) is 4.43 Å². The minimum atomic E-state index is 1.34. The minimum Gasteiger partial charge on any atom is -0.0864 e. The van der Waals surface area contributed by atoms with Crippen molar-refractivity contribution in [1.29, 1.82) is 0 Å². The van der Waals surface area contributed by atoms with Crippen molar-refractivity contribution in [1.82, 2.24) is 0 Å². The van der Waals surface area contributed by atoms with E-state index in [9.17, 15) is 0 Å². The highest BCUT2D eigenvalue weighted by Crippen LogP contribution is 2.13. The normalized spacial score (nSPS) is 11.0. The standard InChI is InChI=1S/C17H35I/c1-2-3-4-5-6-7-8-9-10-11-12-13-14-15-16-17-18/h2-17H2,1H3. The summed E-state index contributed by atoms with van der Waals surface area (Å²) in [5.41, 5.74) is 0. The molecule has 0 unspecified atom stereocenters. The largest absolute Gasteiger partial charge is 0.0864 e. The molecule has 0 aliphatic rings. The van der Waals surface area contributed by atoms with Crippen LogP contribution in [0.15, 0.2) is 0 Å². The van der Waals surface area contributed by atoms with Crippen molar-refractivity contribution in [2.75, 3.05) is 4.43 Å². The van der Waals surface area contributed by atoms with E-state index in [0.717, 1.165) is 0 Å². The predicted molar refractivity (Wildman–Crippen MR) is 93.8 cm³/mol. The van der Waals surface area contributed by atoms with Crippen molar-refractivity contribution in [2.24, 2.45) is 0 Å². The van der Waals surface area contributed by atoms with Gasteiger partial charge in [0.1, 0.15) is 0 Å². The van der Waals surface area contributed by atoms with Gasteiger partial charge in [0.15, 0.2) is 0 Å². The third-order valence-electron chi connectivity index (χ3n) is 3.74. The molecule has 110 valence electrons. The molecule has 0 aromatic rings. The fourth-order valence-corrected chi connectivity index (χ4v) is 3.01. The van der Waals surface area contributed by atoms with Crippen LogP contribution in [0.5, 0.6) is 0 Å². The highest BCUT2D eigenvalue weighted by Gasteiger charge is 1.93. The maximum atomic E-state index is 2.48. The van der Waals surface area contributed by atoms with E-state index in [-0.39, 0.29) is 0 Å². The van der Waals surface area contributed by atoms with E-state index in [4.69, 9.17) is 0 Å². The third-order valence-corrected chi connectivity index (χ3v) is 4.50. The average molecular weight is 366 g/mol. The Morgan fingerprint density at radius 3 is 1.00 bits per heavy atom. The molecule has 0 saturated carbocycles. The van der Waals surface area contributed by atoms with Crippen LogP contribution in [0.3, 0.4) is 0 Å². The molecule has 0 amide bonds. The van der Waals surface area contributed by atoms with E-state index in [0.29, 0.717) is 0 Å². The van der Waals surface area contributed by atoms with Gasteiger partial charge < -0.3 is 0 Å². The fourth-order valence-electron chi connectivity index (χ4n) is 2.47. The second kappa shape index (κ2) is 17.7. The average Bonchev–Trinajstić information content (AvgIpc) is 2.39. The molecule has 0 bridgehead atoms. The van der Waals surface area contributed by atoms with Crippen molar-refractivity contribution in [2.45, 2.75) is 103 Å². The van der Waals surface area contributed by atoms with E-state index < -0.39 is 0 Å². The molecular formula is C17H35I. The minimum absolute atomic E-state index is 1.34. The number of hydrogen-bond donors (Lipinski definition) is 0. The Labute approximate surface area is 130 Å². The maximum Gasteiger partial charge on any atom is -0.000473 e. The fraction of sp³-hybridized carbons (Fsp3) is 1.00. The van der Waals surface area contributed by atoms with Crippen LogP contribution in [0.2, 0.25) is 0 Å². The van der Waals surface area contributed by atoms with E-state index >= 15 is 0 Å². The van der Waals surface area contributed by atoms with Crippen molar-refractivity contribution < 1.29 is 0 Å². The van der Waals surface area contributed by atoms with Crippen LogP contribution in [0, 0.1) is 0 Å². The number of halogens is 1. The lowest BCUT2D eigenvalue weighted by Crippen LogP contribution is -1.83. The van der Waals surface area contributed by atoms with Gasteiger partial charge in [-0.15, -0.1) is 0 Å². The maximum absolute atomic E-state index is 2.48. The van der Waals surface area contributed by atoms with Gasteiger partial charge in [0, 0.05) is 0 Å². The highest BCUT2D eigenvalue weighted by molar-refractivity contribution is 14.1. The van der Waals surface area contributed by atoms with Crippen LogP contribution in [-0.2, 0) is 0 Å². The van der Waals surface area contributed by atoms with Gasteiger partial charge in [-0.05, 0) is 10.8 Å². The molecule has 0 fully saturated rings. The van der Waals surface area contributed by atoms with Crippen molar-refractivity contribution in [3.63, 3.8) is 0 Å². The Morgan fingerprint density at radius 2 is 0.722 bits per heavy atom. The monoisotopic (exact) mass is 366 g/mol. The first kappa shape index (κ1) is 18.7. The number of unbranched alkanes of at least 4 members (excludes halogenated alkanes) is 14. The first-order chi connectivity index (χ1) is 8.91. The van der Waals surface area contributed by atoms with Crippen LogP contribution < -0.4 is 0 Å². The molecule has 1 heteroatoms. The summed E-state index contributed by atoms with van der Waals surface area (Å²) in [4.78, 5) is 0. The van der Waals surface area contributed by atoms with Crippen LogP contribution in [0.25, 0.3) is 0 Å². The van der Waals surface area contributed by atoms with Gasteiger partial charge in [0.2, 0.25) is 0 Å². The zero-order chi connectivity index (χ0) is 13.3. The van der Waals surface area contributed by atoms with Crippen molar-refractivity contribution in [3.8, 4) is 0 Å². The molecule has 0 heterocycles. The zero-order valence-corrected chi connectivity index (χ0v) is 14.8. The summed E-state index contributed by atoms with van der Waals surface area (Å²) in [6.07, 6.45) is 22.0. The summed E-state index contributed by atoms with van der Waals surface area (Å²) in [5.74, 6) is 0. The van der Waals surface area contributed by atoms with Gasteiger partial charge in [-0.2, -0.15) is 0 Å². The van der Waals surface area contributed by atoms with E-state index in [2.05, 4.69) is 29.5 Å². The summed E-state index contributed by atoms with van der Waals surface area (Å²) in [5, 5.41) is 0. The number of rotatable bonds is 15. The summed E-state index contributed by atoms with van der Waals surface area (Å²) < 4.78 is 1.34. The van der Waals surface area contributed by atoms with Crippen LogP contribution in [0.1, 0.15) is 103 Å². The molecule has 0 nitrogen and oxygen atoms in total. The molecule has 0 radical (unpaired) electrons. The molecule has 0 spiro atoms. The molecule has 0 aliphatic carbocycles. The molecule has 0 atom stereocenters. The van der Waals surface area contributed by atoms with Gasteiger partial charge in [0.25, 0.3) is 0 Å². The second-order valence-electron chi connectivity index (χ2n) is 5.64. The Kier molecular flexibility index (Phi) is 18.4. The molecule has 18 heavy (non-hydrogen) atoms. The molecule has 0 N–H and O–H groups in total. The van der Waals surface area contributed by atoms with E-state index in [1.165, 1.54) is 101 Å². The van der Waals surface area contributed by atoms with Gasteiger partial charge in [-0.3, -0.25) is 0 Å². The summed E-state index contributed by atoms with van der Waals surface area (Å²) in [6, 6.07) is 0. The smallest absolute Gasteiger partial charge is 0.000473 e. The van der Waals surface area contributed by atoms with Gasteiger partial charge in [-0.1, -0.05) is 119 Å². The molecule has 0 aliphatic heterocycles. The molecule has 0 aromatic carbocycles. The van der Waals surface area contributed by atoms with Crippen LogP contribution in [0.4, 0.5) is 0 Å². The first-order valence-electron chi connectivity index (χ1n) is 8.47. The number of hydrogen-bond acceptors (Lipinski definition) is 0. The third kappa shape index (κ3) is 16.7. The topological polar surface area (TPSA) is 0 Å². The van der Waals surface area contributed by atoms with Gasteiger partial charge in [0.05, 0.1) is 0 Å². The van der Waals surface area contributed by atoms with E-state index in [1.54, 1.807) is 0 Å². The van der Waals surface area contributed by atoms with Gasteiger partial charge >= 0.3 is 0 Å². The Balaban J connectivity index is 2.86. The van der Waals surface area contributed by atoms with E-state index in [1.807, 2.05) is 0 Å². The Hall–Kier alpha value is 0.730. The lowest BCUT2D eigenvalue weighted by atomic mass is 10.0. The van der Waals surface area contributed by atoms with Gasteiger partial charge in [-0.25, -0.2) is 0 Å². The quantitative estimate of drug-likeness (QED) is 0.162. The lowest BCUT2D eigenvalue weighted by molar-refractivity contribution is 0.535. The molecule has 0 saturated heterocycles. The van der Waals surface area contributed by atoms with Crippen molar-refractivity contribution in [3.05, 3.63) is 0 Å². The van der Waals surface area contributed by atoms with Crippen molar-refractivity contribution >= 4 is 22.6 Å². The lowest BCUT2D eigenvalue weighted by Gasteiger charge is -2.02. The summed E-state index contributed by atoms with van der Waals surface area (Å²) >= 11 is 2.48. The predicted octanol–water partition coefficient (Wildman–Crippen LogP) is 7.29. The molecular weight excluding hydrogens is 331 g/mol. The van der Waals surface area contributed by atoms with Crippen LogP contribution >= 0.6 is 22.6 Å². The Bertz CT molecular complexity index is 118. The SMILES string of the molecule is CCCCCCCCCCCCCCCCCI. The zero-order valence-electron chi connectivity index (χ0n) is 12.7. The number of alkyl halides is 1. The second-order valence-corrected chi connectivity index (χ2v) is 6.72. The summed E-state index contributed by atoms with van der Waals surface area (Å²) in [7, 11) is 0. The Morgan fingerprint density at radius 1 is 0.444 bits per heavy atom.